The summed E-state index contributed by atoms with van der Waals surface area (Å²) in [6.07, 6.45) is 5.35. The van der Waals surface area contributed by atoms with E-state index in [4.69, 9.17) is 4.74 Å². The van der Waals surface area contributed by atoms with Gasteiger partial charge in [0.15, 0.2) is 5.16 Å². The van der Waals surface area contributed by atoms with Gasteiger partial charge in [0.25, 0.3) is 0 Å². The number of alkyl carbamates (subject to hydrolysis) is 1. The molecule has 2 heterocycles. The quantitative estimate of drug-likeness (QED) is 0.681. The van der Waals surface area contributed by atoms with E-state index in [0.717, 1.165) is 36.9 Å². The second kappa shape index (κ2) is 7.17. The number of anilines is 1. The molecule has 0 spiro atoms. The number of hydrogen-bond acceptors (Lipinski definition) is 6. The first kappa shape index (κ1) is 16.9. The maximum Gasteiger partial charge on any atom is 0.407 e. The first-order chi connectivity index (χ1) is 10.4. The van der Waals surface area contributed by atoms with E-state index < -0.39 is 5.60 Å². The number of hydrogen-bond donors (Lipinski definition) is 1. The minimum absolute atomic E-state index is 0.0799. The molecule has 1 aromatic heterocycles. The Balaban J connectivity index is 1.95. The van der Waals surface area contributed by atoms with E-state index in [1.807, 2.05) is 33.1 Å². The smallest absolute Gasteiger partial charge is 0.407 e. The van der Waals surface area contributed by atoms with Crippen LogP contribution in [0.3, 0.4) is 0 Å². The minimum Gasteiger partial charge on any atom is -0.444 e. The van der Waals surface area contributed by atoms with Crippen molar-refractivity contribution in [3.8, 4) is 0 Å². The number of carbonyl (C=O) groups is 1. The Morgan fingerprint density at radius 3 is 2.95 bits per heavy atom. The molecule has 1 unspecified atom stereocenters. The summed E-state index contributed by atoms with van der Waals surface area (Å²) in [5.74, 6) is 0.912. The molecule has 0 aromatic carbocycles. The Morgan fingerprint density at radius 2 is 2.27 bits per heavy atom. The van der Waals surface area contributed by atoms with Crippen LogP contribution in [0, 0.1) is 0 Å². The molecule has 0 bridgehead atoms. The van der Waals surface area contributed by atoms with Crippen molar-refractivity contribution < 1.29 is 9.53 Å². The van der Waals surface area contributed by atoms with Crippen molar-refractivity contribution in [1.29, 1.82) is 0 Å². The van der Waals surface area contributed by atoms with E-state index in [0.29, 0.717) is 0 Å². The van der Waals surface area contributed by atoms with Gasteiger partial charge in [-0.2, -0.15) is 0 Å². The fourth-order valence-electron chi connectivity index (χ4n) is 2.38. The Bertz CT molecular complexity index is 519. The maximum absolute atomic E-state index is 11.9. The van der Waals surface area contributed by atoms with Gasteiger partial charge in [-0.3, -0.25) is 0 Å². The number of nitrogens with zero attached hydrogens (tertiary/aromatic N) is 3. The minimum atomic E-state index is -0.474. The van der Waals surface area contributed by atoms with E-state index in [-0.39, 0.29) is 12.1 Å². The first-order valence-electron chi connectivity index (χ1n) is 7.49. The average molecular weight is 324 g/mol. The summed E-state index contributed by atoms with van der Waals surface area (Å²) in [5, 5.41) is 3.72. The van der Waals surface area contributed by atoms with Crippen LogP contribution in [-0.2, 0) is 4.74 Å². The van der Waals surface area contributed by atoms with Crippen LogP contribution in [0.25, 0.3) is 0 Å². The molecule has 2 rings (SSSR count). The van der Waals surface area contributed by atoms with Crippen molar-refractivity contribution in [1.82, 2.24) is 15.3 Å². The number of piperidine rings is 1. The molecule has 6 nitrogen and oxygen atoms in total. The lowest BCUT2D eigenvalue weighted by atomic mass is 10.1. The zero-order chi connectivity index (χ0) is 16.2. The van der Waals surface area contributed by atoms with Crippen LogP contribution in [-0.4, -0.2) is 47.0 Å². The highest BCUT2D eigenvalue weighted by molar-refractivity contribution is 7.98. The third-order valence-electron chi connectivity index (χ3n) is 3.27. The monoisotopic (exact) mass is 324 g/mol. The Kier molecular flexibility index (Phi) is 5.50. The Labute approximate surface area is 136 Å². The number of rotatable bonds is 3. The molecule has 7 heteroatoms. The van der Waals surface area contributed by atoms with E-state index in [1.54, 1.807) is 6.20 Å². The molecule has 1 fully saturated rings. The highest BCUT2D eigenvalue weighted by Crippen LogP contribution is 2.20. The molecule has 0 aliphatic carbocycles. The summed E-state index contributed by atoms with van der Waals surface area (Å²) in [5.41, 5.74) is -0.474. The lowest BCUT2D eigenvalue weighted by Crippen LogP contribution is -2.49. The van der Waals surface area contributed by atoms with Crippen molar-refractivity contribution in [3.63, 3.8) is 0 Å². The molecule has 0 radical (unpaired) electrons. The SMILES string of the molecule is CSc1nccc(N2CCCC(NC(=O)OC(C)(C)C)C2)n1. The van der Waals surface area contributed by atoms with Crippen LogP contribution in [0.15, 0.2) is 17.4 Å². The van der Waals surface area contributed by atoms with Crippen LogP contribution in [0.1, 0.15) is 33.6 Å². The highest BCUT2D eigenvalue weighted by atomic mass is 32.2. The topological polar surface area (TPSA) is 67.4 Å². The van der Waals surface area contributed by atoms with E-state index >= 15 is 0 Å². The van der Waals surface area contributed by atoms with Gasteiger partial charge in [-0.15, -0.1) is 0 Å². The summed E-state index contributed by atoms with van der Waals surface area (Å²) >= 11 is 1.53. The van der Waals surface area contributed by atoms with Crippen LogP contribution >= 0.6 is 11.8 Å². The van der Waals surface area contributed by atoms with Gasteiger partial charge in [-0.1, -0.05) is 11.8 Å². The molecule has 1 saturated heterocycles. The summed E-state index contributed by atoms with van der Waals surface area (Å²) in [6, 6.07) is 1.99. The number of aromatic nitrogens is 2. The van der Waals surface area contributed by atoms with Gasteiger partial charge in [0, 0.05) is 25.3 Å². The zero-order valence-electron chi connectivity index (χ0n) is 13.6. The Morgan fingerprint density at radius 1 is 1.50 bits per heavy atom. The van der Waals surface area contributed by atoms with E-state index in [1.165, 1.54) is 11.8 Å². The molecule has 0 saturated carbocycles. The zero-order valence-corrected chi connectivity index (χ0v) is 14.4. The molecule has 1 atom stereocenters. The van der Waals surface area contributed by atoms with Gasteiger partial charge in [0.1, 0.15) is 11.4 Å². The van der Waals surface area contributed by atoms with Crippen molar-refractivity contribution in [2.24, 2.45) is 0 Å². The van der Waals surface area contributed by atoms with Crippen LogP contribution in [0.2, 0.25) is 0 Å². The fourth-order valence-corrected chi connectivity index (χ4v) is 2.73. The number of ether oxygens (including phenoxy) is 1. The molecular weight excluding hydrogens is 300 g/mol. The van der Waals surface area contributed by atoms with Crippen molar-refractivity contribution >= 4 is 23.7 Å². The van der Waals surface area contributed by atoms with E-state index in [9.17, 15) is 4.79 Å². The lowest BCUT2D eigenvalue weighted by molar-refractivity contribution is 0.0500. The summed E-state index contributed by atoms with van der Waals surface area (Å²) < 4.78 is 5.32. The van der Waals surface area contributed by atoms with Crippen molar-refractivity contribution in [2.45, 2.75) is 50.4 Å². The average Bonchev–Trinajstić information content (AvgIpc) is 2.45. The Hall–Kier alpha value is -1.50. The molecule has 1 amide bonds. The summed E-state index contributed by atoms with van der Waals surface area (Å²) in [4.78, 5) is 22.8. The molecule has 1 aliphatic heterocycles. The van der Waals surface area contributed by atoms with Gasteiger partial charge >= 0.3 is 6.09 Å². The predicted molar refractivity (Wildman–Crippen MR) is 88.4 cm³/mol. The summed E-state index contributed by atoms with van der Waals surface area (Å²) in [7, 11) is 0. The molecule has 1 N–H and O–H groups in total. The molecular formula is C15H24N4O2S. The van der Waals surface area contributed by atoms with Gasteiger partial charge in [0.05, 0.1) is 0 Å². The second-order valence-electron chi connectivity index (χ2n) is 6.33. The fraction of sp³-hybridized carbons (Fsp3) is 0.667. The maximum atomic E-state index is 11.9. The number of carbonyl (C=O) groups excluding carboxylic acids is 1. The van der Waals surface area contributed by atoms with Gasteiger partial charge in [-0.05, 0) is 45.9 Å². The highest BCUT2D eigenvalue weighted by Gasteiger charge is 2.25. The lowest BCUT2D eigenvalue weighted by Gasteiger charge is -2.34. The predicted octanol–water partition coefficient (Wildman–Crippen LogP) is 2.69. The second-order valence-corrected chi connectivity index (χ2v) is 7.11. The van der Waals surface area contributed by atoms with Crippen LogP contribution in [0.5, 0.6) is 0 Å². The number of nitrogens with one attached hydrogen (secondary N) is 1. The largest absolute Gasteiger partial charge is 0.444 e. The third kappa shape index (κ3) is 5.05. The van der Waals surface area contributed by atoms with Crippen molar-refractivity contribution in [3.05, 3.63) is 12.3 Å². The number of amides is 1. The van der Waals surface area contributed by atoms with E-state index in [2.05, 4.69) is 20.2 Å². The van der Waals surface area contributed by atoms with Gasteiger partial charge < -0.3 is 15.0 Å². The van der Waals surface area contributed by atoms with Gasteiger partial charge in [-0.25, -0.2) is 14.8 Å². The van der Waals surface area contributed by atoms with Crippen molar-refractivity contribution in [2.75, 3.05) is 24.2 Å². The normalized spacial score (nSPS) is 18.9. The molecule has 22 heavy (non-hydrogen) atoms. The molecule has 1 aromatic rings. The molecule has 122 valence electrons. The number of thioether (sulfide) groups is 1. The standard InChI is InChI=1S/C15H24N4O2S/c1-15(2,3)21-14(20)17-11-6-5-9-19(10-11)12-7-8-16-13(18-12)22-4/h7-8,11H,5-6,9-10H2,1-4H3,(H,17,20). The van der Waals surface area contributed by atoms with Crippen LogP contribution < -0.4 is 10.2 Å². The van der Waals surface area contributed by atoms with Gasteiger partial charge in [0.2, 0.25) is 0 Å². The first-order valence-corrected chi connectivity index (χ1v) is 8.71. The summed E-state index contributed by atoms with van der Waals surface area (Å²) in [6.45, 7) is 7.28. The third-order valence-corrected chi connectivity index (χ3v) is 3.83. The molecule has 1 aliphatic rings. The van der Waals surface area contributed by atoms with Crippen LogP contribution in [0.4, 0.5) is 10.6 Å².